The molecule has 0 aliphatic rings. The van der Waals surface area contributed by atoms with Gasteiger partial charge in [0.2, 0.25) is 0 Å². The lowest BCUT2D eigenvalue weighted by molar-refractivity contribution is 0.507. The van der Waals surface area contributed by atoms with Crippen LogP contribution in [-0.2, 0) is 6.54 Å². The molecule has 4 aromatic rings. The molecule has 0 aliphatic heterocycles. The Bertz CT molecular complexity index is 1150. The third-order valence-corrected chi connectivity index (χ3v) is 6.91. The van der Waals surface area contributed by atoms with E-state index in [1.807, 2.05) is 23.7 Å². The molecule has 30 heavy (non-hydrogen) atoms. The minimum absolute atomic E-state index is 0.487. The van der Waals surface area contributed by atoms with Crippen LogP contribution in [0.3, 0.4) is 0 Å². The fraction of sp³-hybridized carbons (Fsp3) is 0.435. The summed E-state index contributed by atoms with van der Waals surface area (Å²) in [5.74, 6) is 1.41. The molecule has 7 heteroatoms. The third kappa shape index (κ3) is 3.62. The maximum absolute atomic E-state index is 5.49. The predicted octanol–water partition coefficient (Wildman–Crippen LogP) is 5.91. The number of nitrogens with zero attached hydrogens (tertiary/aromatic N) is 5. The van der Waals surface area contributed by atoms with E-state index in [2.05, 4.69) is 45.6 Å². The molecule has 0 N–H and O–H groups in total. The van der Waals surface area contributed by atoms with Crippen LogP contribution in [0.15, 0.2) is 28.9 Å². The molecular formula is C23H29N5OS. The average molecular weight is 424 g/mol. The van der Waals surface area contributed by atoms with Crippen molar-refractivity contribution in [3.05, 3.63) is 52.9 Å². The molecule has 158 valence electrons. The maximum Gasteiger partial charge on any atom is 0.186 e. The zero-order chi connectivity index (χ0) is 21.4. The molecule has 0 saturated carbocycles. The Morgan fingerprint density at radius 3 is 2.57 bits per heavy atom. The van der Waals surface area contributed by atoms with Gasteiger partial charge in [0, 0.05) is 12.6 Å². The summed E-state index contributed by atoms with van der Waals surface area (Å²) in [4.78, 5) is 13.0. The quantitative estimate of drug-likeness (QED) is 0.370. The highest BCUT2D eigenvalue weighted by atomic mass is 32.1. The molecule has 4 rings (SSSR count). The third-order valence-electron chi connectivity index (χ3n) is 5.63. The van der Waals surface area contributed by atoms with Crippen LogP contribution in [0, 0.1) is 20.8 Å². The van der Waals surface area contributed by atoms with Crippen molar-refractivity contribution < 1.29 is 4.42 Å². The van der Waals surface area contributed by atoms with E-state index in [1.165, 1.54) is 5.56 Å². The summed E-state index contributed by atoms with van der Waals surface area (Å²) in [5.41, 5.74) is 6.32. The normalized spacial score (nSPS) is 11.7. The first-order chi connectivity index (χ1) is 14.4. The van der Waals surface area contributed by atoms with Crippen LogP contribution in [-0.4, -0.2) is 26.6 Å². The highest BCUT2D eigenvalue weighted by molar-refractivity contribution is 7.19. The summed E-state index contributed by atoms with van der Waals surface area (Å²) < 4.78 is 7.53. The van der Waals surface area contributed by atoms with Crippen molar-refractivity contribution in [1.29, 1.82) is 0 Å². The molecule has 0 amide bonds. The van der Waals surface area contributed by atoms with Crippen LogP contribution in [0.25, 0.3) is 16.2 Å². The lowest BCUT2D eigenvalue weighted by atomic mass is 9.95. The number of aryl methyl sites for hydroxylation is 3. The van der Waals surface area contributed by atoms with Gasteiger partial charge in [0.25, 0.3) is 0 Å². The van der Waals surface area contributed by atoms with Crippen LogP contribution in [0.2, 0.25) is 0 Å². The van der Waals surface area contributed by atoms with Gasteiger partial charge in [-0.2, -0.15) is 5.10 Å². The molecule has 0 bridgehead atoms. The number of hydrogen-bond acceptors (Lipinski definition) is 6. The van der Waals surface area contributed by atoms with Crippen molar-refractivity contribution in [2.75, 3.05) is 11.9 Å². The Hall–Kier alpha value is -2.67. The average Bonchev–Trinajstić information content (AvgIpc) is 3.42. The summed E-state index contributed by atoms with van der Waals surface area (Å²) in [6.07, 6.45) is 3.89. The molecule has 0 fully saturated rings. The van der Waals surface area contributed by atoms with Gasteiger partial charge in [-0.15, -0.1) is 0 Å². The van der Waals surface area contributed by atoms with Crippen molar-refractivity contribution in [3.8, 4) is 10.6 Å². The van der Waals surface area contributed by atoms with E-state index < -0.39 is 0 Å². The summed E-state index contributed by atoms with van der Waals surface area (Å²) in [6, 6.07) is 6.10. The van der Waals surface area contributed by atoms with E-state index >= 15 is 0 Å². The van der Waals surface area contributed by atoms with Crippen LogP contribution in [0.4, 0.5) is 5.13 Å². The minimum Gasteiger partial charge on any atom is -0.467 e. The number of rotatable bonds is 7. The van der Waals surface area contributed by atoms with Crippen molar-refractivity contribution in [3.63, 3.8) is 0 Å². The zero-order valence-corrected chi connectivity index (χ0v) is 19.4. The van der Waals surface area contributed by atoms with E-state index in [-0.39, 0.29) is 0 Å². The van der Waals surface area contributed by atoms with E-state index in [9.17, 15) is 0 Å². The smallest absolute Gasteiger partial charge is 0.186 e. The first kappa shape index (κ1) is 20.6. The lowest BCUT2D eigenvalue weighted by Crippen LogP contribution is -2.15. The van der Waals surface area contributed by atoms with Gasteiger partial charge in [-0.05, 0) is 57.7 Å². The summed E-state index contributed by atoms with van der Waals surface area (Å²) in [5, 5.41) is 5.80. The summed E-state index contributed by atoms with van der Waals surface area (Å²) in [6.45, 7) is 11.4. The zero-order valence-electron chi connectivity index (χ0n) is 18.6. The molecule has 0 radical (unpaired) electrons. The van der Waals surface area contributed by atoms with Gasteiger partial charge >= 0.3 is 0 Å². The van der Waals surface area contributed by atoms with Crippen LogP contribution >= 0.6 is 11.3 Å². The molecular weight excluding hydrogens is 394 g/mol. The van der Waals surface area contributed by atoms with Crippen molar-refractivity contribution in [2.45, 2.75) is 59.9 Å². The highest BCUT2D eigenvalue weighted by Gasteiger charge is 2.23. The summed E-state index contributed by atoms with van der Waals surface area (Å²) >= 11 is 1.68. The Morgan fingerprint density at radius 1 is 1.13 bits per heavy atom. The number of anilines is 1. The van der Waals surface area contributed by atoms with E-state index in [0.29, 0.717) is 12.5 Å². The number of fused-ring (bicyclic) bond motifs is 1. The van der Waals surface area contributed by atoms with Crippen molar-refractivity contribution in [2.24, 2.45) is 0 Å². The van der Waals surface area contributed by atoms with Gasteiger partial charge in [-0.1, -0.05) is 25.2 Å². The number of thiazole rings is 1. The number of aromatic nitrogens is 4. The molecule has 4 aromatic heterocycles. The second-order valence-electron chi connectivity index (χ2n) is 7.88. The monoisotopic (exact) mass is 423 g/mol. The van der Waals surface area contributed by atoms with Gasteiger partial charge in [-0.25, -0.2) is 14.5 Å². The number of hydrogen-bond donors (Lipinski definition) is 0. The Kier molecular flexibility index (Phi) is 5.64. The molecule has 0 unspecified atom stereocenters. The van der Waals surface area contributed by atoms with Crippen LogP contribution in [0.5, 0.6) is 0 Å². The Labute approximate surface area is 181 Å². The first-order valence-corrected chi connectivity index (χ1v) is 11.3. The largest absolute Gasteiger partial charge is 0.467 e. The fourth-order valence-electron chi connectivity index (χ4n) is 4.04. The molecule has 0 spiro atoms. The van der Waals surface area contributed by atoms with E-state index in [0.717, 1.165) is 57.0 Å². The van der Waals surface area contributed by atoms with Gasteiger partial charge in [0.1, 0.15) is 11.5 Å². The highest BCUT2D eigenvalue weighted by Crippen LogP contribution is 2.38. The van der Waals surface area contributed by atoms with Gasteiger partial charge in [0.15, 0.2) is 10.8 Å². The fourth-order valence-corrected chi connectivity index (χ4v) is 5.15. The van der Waals surface area contributed by atoms with Crippen molar-refractivity contribution >= 4 is 22.1 Å². The molecule has 0 saturated heterocycles. The van der Waals surface area contributed by atoms with Gasteiger partial charge < -0.3 is 9.32 Å². The molecule has 0 aromatic carbocycles. The summed E-state index contributed by atoms with van der Waals surface area (Å²) in [7, 11) is 2.04. The maximum atomic E-state index is 5.49. The number of imidazole rings is 1. The topological polar surface area (TPSA) is 59.5 Å². The van der Waals surface area contributed by atoms with E-state index in [1.54, 1.807) is 17.6 Å². The molecule has 4 heterocycles. The van der Waals surface area contributed by atoms with Gasteiger partial charge in [-0.3, -0.25) is 0 Å². The molecule has 0 aliphatic carbocycles. The Balaban J connectivity index is 1.80. The van der Waals surface area contributed by atoms with Crippen LogP contribution in [0.1, 0.15) is 61.0 Å². The van der Waals surface area contributed by atoms with Gasteiger partial charge in [0.05, 0.1) is 34.8 Å². The second kappa shape index (κ2) is 8.22. The lowest BCUT2D eigenvalue weighted by Gasteiger charge is -2.14. The predicted molar refractivity (Wildman–Crippen MR) is 122 cm³/mol. The second-order valence-corrected chi connectivity index (χ2v) is 8.86. The molecule has 6 nitrogen and oxygen atoms in total. The minimum atomic E-state index is 0.487. The number of furan rings is 1. The standard InChI is InChI=1S/C23H29N5OS/c1-7-17(8-2)19-12-14(3)26-28-20(15(4)24-22(19)28)21-16(5)25-23(30-21)27(6)13-18-10-9-11-29-18/h9-12,17H,7-8,13H2,1-6H3. The SMILES string of the molecule is CCC(CC)c1cc(C)nn2c(-c3sc(N(C)Cc4ccco4)nc3C)c(C)nc12. The molecule has 0 atom stereocenters. The Morgan fingerprint density at radius 2 is 1.90 bits per heavy atom. The van der Waals surface area contributed by atoms with E-state index in [4.69, 9.17) is 19.5 Å². The first-order valence-electron chi connectivity index (χ1n) is 10.5. The van der Waals surface area contributed by atoms with Crippen molar-refractivity contribution in [1.82, 2.24) is 19.6 Å². The van der Waals surface area contributed by atoms with Crippen LogP contribution < -0.4 is 4.90 Å².